The van der Waals surface area contributed by atoms with Crippen molar-refractivity contribution in [1.82, 2.24) is 4.98 Å². The lowest BCUT2D eigenvalue weighted by Crippen LogP contribution is -2.03. The SMILES string of the molecule is COc1ccc(-c2nc3ccc(C(=O)CO)cc3o2)cc1. The number of rotatable bonds is 4. The summed E-state index contributed by atoms with van der Waals surface area (Å²) in [6, 6.07) is 12.3. The predicted molar refractivity (Wildman–Crippen MR) is 77.4 cm³/mol. The van der Waals surface area contributed by atoms with E-state index in [1.807, 2.05) is 24.3 Å². The zero-order valence-electron chi connectivity index (χ0n) is 11.4. The third-order valence-electron chi connectivity index (χ3n) is 3.19. The second-order valence-electron chi connectivity index (χ2n) is 4.51. The maximum Gasteiger partial charge on any atom is 0.227 e. The molecule has 21 heavy (non-hydrogen) atoms. The van der Waals surface area contributed by atoms with Crippen LogP contribution in [-0.4, -0.2) is 29.6 Å². The monoisotopic (exact) mass is 283 g/mol. The molecule has 0 bridgehead atoms. The lowest BCUT2D eigenvalue weighted by molar-refractivity contribution is 0.0904. The Hall–Kier alpha value is -2.66. The first-order chi connectivity index (χ1) is 10.2. The van der Waals surface area contributed by atoms with E-state index in [9.17, 15) is 4.79 Å². The predicted octanol–water partition coefficient (Wildman–Crippen LogP) is 2.68. The molecule has 5 nitrogen and oxygen atoms in total. The van der Waals surface area contributed by atoms with Gasteiger partial charge in [0.25, 0.3) is 0 Å². The normalized spacial score (nSPS) is 10.8. The molecular weight excluding hydrogens is 270 g/mol. The molecule has 0 aliphatic rings. The number of oxazole rings is 1. The van der Waals surface area contributed by atoms with Gasteiger partial charge in [0.15, 0.2) is 11.4 Å². The molecule has 1 N–H and O–H groups in total. The van der Waals surface area contributed by atoms with E-state index in [1.165, 1.54) is 0 Å². The molecular formula is C16H13NO4. The molecule has 1 aromatic heterocycles. The number of methoxy groups -OCH3 is 1. The molecule has 0 amide bonds. The Bertz CT molecular complexity index is 790. The first kappa shape index (κ1) is 13.3. The minimum absolute atomic E-state index is 0.348. The average molecular weight is 283 g/mol. The first-order valence-electron chi connectivity index (χ1n) is 6.40. The van der Waals surface area contributed by atoms with Crippen molar-refractivity contribution < 1.29 is 19.1 Å². The number of carbonyl (C=O) groups is 1. The van der Waals surface area contributed by atoms with E-state index in [-0.39, 0.29) is 5.78 Å². The molecule has 3 aromatic rings. The van der Waals surface area contributed by atoms with E-state index in [0.29, 0.717) is 22.6 Å². The van der Waals surface area contributed by atoms with Crippen LogP contribution in [0.1, 0.15) is 10.4 Å². The fourth-order valence-corrected chi connectivity index (χ4v) is 2.05. The Kier molecular flexibility index (Phi) is 3.41. The molecule has 106 valence electrons. The van der Waals surface area contributed by atoms with Gasteiger partial charge in [-0.1, -0.05) is 0 Å². The number of fused-ring (bicyclic) bond motifs is 1. The van der Waals surface area contributed by atoms with Crippen LogP contribution in [0.4, 0.5) is 0 Å². The zero-order valence-corrected chi connectivity index (χ0v) is 11.4. The van der Waals surface area contributed by atoms with Gasteiger partial charge in [-0.15, -0.1) is 0 Å². The van der Waals surface area contributed by atoms with Gasteiger partial charge in [-0.05, 0) is 42.5 Å². The fourth-order valence-electron chi connectivity index (χ4n) is 2.05. The molecule has 0 spiro atoms. The number of carbonyl (C=O) groups excluding carboxylic acids is 1. The Morgan fingerprint density at radius 2 is 2.00 bits per heavy atom. The molecule has 0 saturated carbocycles. The largest absolute Gasteiger partial charge is 0.497 e. The zero-order chi connectivity index (χ0) is 14.8. The van der Waals surface area contributed by atoms with Gasteiger partial charge in [-0.25, -0.2) is 4.98 Å². The van der Waals surface area contributed by atoms with Crippen LogP contribution in [0.5, 0.6) is 5.75 Å². The summed E-state index contributed by atoms with van der Waals surface area (Å²) < 4.78 is 10.8. The summed E-state index contributed by atoms with van der Waals surface area (Å²) >= 11 is 0. The Balaban J connectivity index is 2.01. The lowest BCUT2D eigenvalue weighted by Gasteiger charge is -1.99. The second kappa shape index (κ2) is 5.38. The van der Waals surface area contributed by atoms with E-state index in [0.717, 1.165) is 11.3 Å². The minimum Gasteiger partial charge on any atom is -0.497 e. The van der Waals surface area contributed by atoms with Gasteiger partial charge in [-0.2, -0.15) is 0 Å². The number of nitrogens with zero attached hydrogens (tertiary/aromatic N) is 1. The summed E-state index contributed by atoms with van der Waals surface area (Å²) in [7, 11) is 1.61. The third kappa shape index (κ3) is 2.51. The molecule has 0 saturated heterocycles. The van der Waals surface area contributed by atoms with E-state index in [2.05, 4.69) is 4.98 Å². The van der Waals surface area contributed by atoms with Gasteiger partial charge in [0, 0.05) is 11.1 Å². The van der Waals surface area contributed by atoms with Crippen LogP contribution in [0, 0.1) is 0 Å². The summed E-state index contributed by atoms with van der Waals surface area (Å²) in [5.74, 6) is 0.881. The van der Waals surface area contributed by atoms with Crippen molar-refractivity contribution in [1.29, 1.82) is 0 Å². The van der Waals surface area contributed by atoms with Crippen LogP contribution in [0.15, 0.2) is 46.9 Å². The molecule has 3 rings (SSSR count). The number of ether oxygens (including phenoxy) is 1. The number of benzene rings is 2. The van der Waals surface area contributed by atoms with E-state index < -0.39 is 6.61 Å². The number of aliphatic hydroxyl groups excluding tert-OH is 1. The molecule has 5 heteroatoms. The molecule has 0 radical (unpaired) electrons. The molecule has 2 aromatic carbocycles. The smallest absolute Gasteiger partial charge is 0.227 e. The highest BCUT2D eigenvalue weighted by molar-refractivity contribution is 5.99. The van der Waals surface area contributed by atoms with Crippen molar-refractivity contribution in [3.63, 3.8) is 0 Å². The van der Waals surface area contributed by atoms with Crippen LogP contribution >= 0.6 is 0 Å². The van der Waals surface area contributed by atoms with E-state index in [4.69, 9.17) is 14.3 Å². The number of hydrogen-bond acceptors (Lipinski definition) is 5. The summed E-state index contributed by atoms with van der Waals surface area (Å²) in [6.07, 6.45) is 0. The van der Waals surface area contributed by atoms with Gasteiger partial charge in [0.05, 0.1) is 7.11 Å². The molecule has 0 unspecified atom stereocenters. The summed E-state index contributed by atoms with van der Waals surface area (Å²) in [4.78, 5) is 15.9. The van der Waals surface area contributed by atoms with Crippen molar-refractivity contribution in [2.24, 2.45) is 0 Å². The molecule has 0 atom stereocenters. The maximum atomic E-state index is 11.5. The quantitative estimate of drug-likeness (QED) is 0.745. The molecule has 0 fully saturated rings. The summed E-state index contributed by atoms with van der Waals surface area (Å²) in [5.41, 5.74) is 2.40. The van der Waals surface area contributed by atoms with E-state index in [1.54, 1.807) is 25.3 Å². The fraction of sp³-hybridized carbons (Fsp3) is 0.125. The number of hydrogen-bond donors (Lipinski definition) is 1. The number of Topliss-reactive ketones (excluding diaryl/α,β-unsaturated/α-hetero) is 1. The van der Waals surface area contributed by atoms with Crippen molar-refractivity contribution in [2.75, 3.05) is 13.7 Å². The number of aromatic nitrogens is 1. The molecule has 1 heterocycles. The summed E-state index contributed by atoms with van der Waals surface area (Å²) in [5, 5.41) is 8.89. The van der Waals surface area contributed by atoms with Crippen molar-refractivity contribution in [3.05, 3.63) is 48.0 Å². The minimum atomic E-state index is -0.523. The van der Waals surface area contributed by atoms with Gasteiger partial charge in [-0.3, -0.25) is 4.79 Å². The van der Waals surface area contributed by atoms with Crippen LogP contribution in [-0.2, 0) is 0 Å². The van der Waals surface area contributed by atoms with Crippen LogP contribution in [0.25, 0.3) is 22.6 Å². The molecule has 0 aliphatic heterocycles. The number of aliphatic hydroxyl groups is 1. The molecule has 0 aliphatic carbocycles. The number of ketones is 1. The van der Waals surface area contributed by atoms with Crippen LogP contribution in [0.2, 0.25) is 0 Å². The highest BCUT2D eigenvalue weighted by Gasteiger charge is 2.11. The second-order valence-corrected chi connectivity index (χ2v) is 4.51. The lowest BCUT2D eigenvalue weighted by atomic mass is 10.1. The standard InChI is InChI=1S/C16H13NO4/c1-20-12-5-2-10(3-6-12)16-17-13-7-4-11(14(19)9-18)8-15(13)21-16/h2-8,18H,9H2,1H3. The Morgan fingerprint density at radius 1 is 1.24 bits per heavy atom. The van der Waals surface area contributed by atoms with Gasteiger partial charge in [0.2, 0.25) is 5.89 Å². The Labute approximate surface area is 120 Å². The maximum absolute atomic E-state index is 11.5. The Morgan fingerprint density at radius 3 is 2.67 bits per heavy atom. The topological polar surface area (TPSA) is 72.6 Å². The van der Waals surface area contributed by atoms with Crippen LogP contribution in [0.3, 0.4) is 0 Å². The highest BCUT2D eigenvalue weighted by atomic mass is 16.5. The highest BCUT2D eigenvalue weighted by Crippen LogP contribution is 2.26. The van der Waals surface area contributed by atoms with Crippen molar-refractivity contribution in [3.8, 4) is 17.2 Å². The van der Waals surface area contributed by atoms with Gasteiger partial charge >= 0.3 is 0 Å². The van der Waals surface area contributed by atoms with E-state index >= 15 is 0 Å². The van der Waals surface area contributed by atoms with Crippen LogP contribution < -0.4 is 4.74 Å². The average Bonchev–Trinajstić information content (AvgIpc) is 2.97. The van der Waals surface area contributed by atoms with Gasteiger partial charge < -0.3 is 14.3 Å². The van der Waals surface area contributed by atoms with Crippen molar-refractivity contribution in [2.45, 2.75) is 0 Å². The first-order valence-corrected chi connectivity index (χ1v) is 6.40. The summed E-state index contributed by atoms with van der Waals surface area (Å²) in [6.45, 7) is -0.523. The van der Waals surface area contributed by atoms with Gasteiger partial charge in [0.1, 0.15) is 17.9 Å². The third-order valence-corrected chi connectivity index (χ3v) is 3.19. The van der Waals surface area contributed by atoms with Crippen molar-refractivity contribution >= 4 is 16.9 Å².